The van der Waals surface area contributed by atoms with Gasteiger partial charge in [-0.25, -0.2) is 0 Å². The highest BCUT2D eigenvalue weighted by Crippen LogP contribution is 2.07. The molecule has 0 aromatic carbocycles. The molecule has 1 rings (SSSR count). The van der Waals surface area contributed by atoms with Crippen LogP contribution in [-0.4, -0.2) is 49.7 Å². The Bertz CT molecular complexity index is 191. The smallest absolute Gasteiger partial charge is 0.319 e. The lowest BCUT2D eigenvalue weighted by atomic mass is 10.3. The van der Waals surface area contributed by atoms with Gasteiger partial charge >= 0.3 is 5.97 Å². The van der Waals surface area contributed by atoms with Crippen molar-refractivity contribution in [1.82, 2.24) is 10.2 Å². The molecule has 1 fully saturated rings. The highest BCUT2D eigenvalue weighted by Gasteiger charge is 2.14. The van der Waals surface area contributed by atoms with Crippen molar-refractivity contribution in [2.75, 3.05) is 32.8 Å². The Labute approximate surface area is 92.0 Å². The Morgan fingerprint density at radius 1 is 1.47 bits per heavy atom. The lowest BCUT2D eigenvalue weighted by Gasteiger charge is -2.20. The molecule has 88 valence electrons. The normalized spacial score (nSPS) is 19.1. The molecular formula is C11H22N2O2. The average Bonchev–Trinajstić information content (AvgIpc) is 2.68. The zero-order valence-corrected chi connectivity index (χ0v) is 9.79. The van der Waals surface area contributed by atoms with E-state index in [0.29, 0.717) is 19.2 Å². The molecule has 0 saturated carbocycles. The van der Waals surface area contributed by atoms with Gasteiger partial charge in [0.05, 0.1) is 13.2 Å². The fraction of sp³-hybridized carbons (Fsp3) is 0.909. The first-order valence-electron chi connectivity index (χ1n) is 5.83. The number of hydrogen-bond acceptors (Lipinski definition) is 4. The molecule has 1 aliphatic heterocycles. The lowest BCUT2D eigenvalue weighted by molar-refractivity contribution is -0.142. The van der Waals surface area contributed by atoms with Crippen molar-refractivity contribution < 1.29 is 9.53 Å². The first kappa shape index (κ1) is 12.5. The summed E-state index contributed by atoms with van der Waals surface area (Å²) in [6, 6.07) is 0.354. The summed E-state index contributed by atoms with van der Waals surface area (Å²) in [7, 11) is 0. The van der Waals surface area contributed by atoms with Crippen molar-refractivity contribution in [2.45, 2.75) is 32.7 Å². The van der Waals surface area contributed by atoms with Crippen LogP contribution in [0.5, 0.6) is 0 Å². The van der Waals surface area contributed by atoms with Gasteiger partial charge in [-0.2, -0.15) is 0 Å². The Kier molecular flexibility index (Phi) is 5.65. The lowest BCUT2D eigenvalue weighted by Crippen LogP contribution is -2.40. The zero-order chi connectivity index (χ0) is 11.1. The zero-order valence-electron chi connectivity index (χ0n) is 9.79. The highest BCUT2D eigenvalue weighted by molar-refractivity contribution is 5.71. The number of rotatable bonds is 6. The minimum absolute atomic E-state index is 0.161. The molecule has 1 N–H and O–H groups in total. The average molecular weight is 214 g/mol. The Balaban J connectivity index is 2.07. The summed E-state index contributed by atoms with van der Waals surface area (Å²) in [4.78, 5) is 13.5. The van der Waals surface area contributed by atoms with Gasteiger partial charge < -0.3 is 15.0 Å². The minimum Gasteiger partial charge on any atom is -0.465 e. The maximum absolute atomic E-state index is 11.1. The summed E-state index contributed by atoms with van der Waals surface area (Å²) in [5.41, 5.74) is 0. The topological polar surface area (TPSA) is 41.6 Å². The quantitative estimate of drug-likeness (QED) is 0.658. The van der Waals surface area contributed by atoms with Crippen LogP contribution in [0.4, 0.5) is 0 Å². The molecule has 1 heterocycles. The molecule has 1 atom stereocenters. The second-order valence-corrected chi connectivity index (χ2v) is 4.09. The molecule has 0 aromatic rings. The largest absolute Gasteiger partial charge is 0.465 e. The summed E-state index contributed by atoms with van der Waals surface area (Å²) < 4.78 is 4.85. The van der Waals surface area contributed by atoms with Crippen LogP contribution in [0.1, 0.15) is 26.7 Å². The van der Waals surface area contributed by atoms with Crippen molar-refractivity contribution in [3.05, 3.63) is 0 Å². The monoisotopic (exact) mass is 214 g/mol. The van der Waals surface area contributed by atoms with Gasteiger partial charge in [-0.1, -0.05) is 0 Å². The van der Waals surface area contributed by atoms with E-state index in [1.165, 1.54) is 25.9 Å². The van der Waals surface area contributed by atoms with Gasteiger partial charge in [0.25, 0.3) is 0 Å². The van der Waals surface area contributed by atoms with E-state index >= 15 is 0 Å². The van der Waals surface area contributed by atoms with Gasteiger partial charge in [0.2, 0.25) is 0 Å². The van der Waals surface area contributed by atoms with Crippen LogP contribution in [0.3, 0.4) is 0 Å². The summed E-state index contributed by atoms with van der Waals surface area (Å²) >= 11 is 0. The number of nitrogens with one attached hydrogen (secondary N) is 1. The Morgan fingerprint density at radius 3 is 2.73 bits per heavy atom. The van der Waals surface area contributed by atoms with Crippen LogP contribution in [0.2, 0.25) is 0 Å². The molecule has 0 radical (unpaired) electrons. The van der Waals surface area contributed by atoms with Crippen LogP contribution in [0.25, 0.3) is 0 Å². The molecule has 1 unspecified atom stereocenters. The van der Waals surface area contributed by atoms with Crippen LogP contribution in [0.15, 0.2) is 0 Å². The molecule has 15 heavy (non-hydrogen) atoms. The summed E-state index contributed by atoms with van der Waals surface area (Å²) in [6.45, 7) is 8.14. The molecular weight excluding hydrogens is 192 g/mol. The summed E-state index contributed by atoms with van der Waals surface area (Å²) in [6.07, 6.45) is 2.62. The van der Waals surface area contributed by atoms with Crippen molar-refractivity contribution in [1.29, 1.82) is 0 Å². The number of esters is 1. The third kappa shape index (κ3) is 5.14. The Hall–Kier alpha value is -0.610. The second-order valence-electron chi connectivity index (χ2n) is 4.09. The van der Waals surface area contributed by atoms with Crippen molar-refractivity contribution >= 4 is 5.97 Å². The number of nitrogens with zero attached hydrogens (tertiary/aromatic N) is 1. The number of hydrogen-bond donors (Lipinski definition) is 1. The molecule has 4 heteroatoms. The molecule has 0 aliphatic carbocycles. The first-order valence-corrected chi connectivity index (χ1v) is 5.83. The van der Waals surface area contributed by atoms with E-state index in [9.17, 15) is 4.79 Å². The van der Waals surface area contributed by atoms with Crippen molar-refractivity contribution in [3.63, 3.8) is 0 Å². The van der Waals surface area contributed by atoms with E-state index < -0.39 is 0 Å². The maximum atomic E-state index is 11.1. The van der Waals surface area contributed by atoms with E-state index in [2.05, 4.69) is 17.1 Å². The second kappa shape index (κ2) is 6.80. The Morgan fingerprint density at radius 2 is 2.13 bits per heavy atom. The van der Waals surface area contributed by atoms with E-state index in [1.807, 2.05) is 6.92 Å². The van der Waals surface area contributed by atoms with Gasteiger partial charge in [0, 0.05) is 12.6 Å². The van der Waals surface area contributed by atoms with Gasteiger partial charge in [0.1, 0.15) is 0 Å². The molecule has 1 saturated heterocycles. The molecule has 0 bridgehead atoms. The highest BCUT2D eigenvalue weighted by atomic mass is 16.5. The van der Waals surface area contributed by atoms with Gasteiger partial charge in [-0.05, 0) is 39.8 Å². The van der Waals surface area contributed by atoms with Gasteiger partial charge in [0.15, 0.2) is 0 Å². The van der Waals surface area contributed by atoms with E-state index in [1.54, 1.807) is 0 Å². The third-order valence-electron chi connectivity index (χ3n) is 2.63. The van der Waals surface area contributed by atoms with Crippen LogP contribution in [-0.2, 0) is 9.53 Å². The fourth-order valence-corrected chi connectivity index (χ4v) is 1.89. The van der Waals surface area contributed by atoms with E-state index in [0.717, 1.165) is 6.54 Å². The molecule has 0 amide bonds. The maximum Gasteiger partial charge on any atom is 0.319 e. The number of carbonyl (C=O) groups excluding carboxylic acids is 1. The predicted molar refractivity (Wildman–Crippen MR) is 59.8 cm³/mol. The number of ether oxygens (including phenoxy) is 1. The summed E-state index contributed by atoms with van der Waals surface area (Å²) in [5.74, 6) is -0.161. The van der Waals surface area contributed by atoms with Crippen LogP contribution < -0.4 is 5.32 Å². The van der Waals surface area contributed by atoms with Gasteiger partial charge in [-0.15, -0.1) is 0 Å². The standard InChI is InChI=1S/C11H22N2O2/c1-3-15-11(14)8-12-10(2)9-13-6-4-5-7-13/h10,12H,3-9H2,1-2H3. The predicted octanol–water partition coefficient (Wildman–Crippen LogP) is 0.623. The molecule has 1 aliphatic rings. The van der Waals surface area contributed by atoms with E-state index in [-0.39, 0.29) is 5.97 Å². The minimum atomic E-state index is -0.161. The van der Waals surface area contributed by atoms with Crippen molar-refractivity contribution in [2.24, 2.45) is 0 Å². The van der Waals surface area contributed by atoms with Crippen LogP contribution >= 0.6 is 0 Å². The summed E-state index contributed by atoms with van der Waals surface area (Å²) in [5, 5.41) is 3.18. The third-order valence-corrected chi connectivity index (χ3v) is 2.63. The SMILES string of the molecule is CCOC(=O)CNC(C)CN1CCCC1. The molecule has 0 spiro atoms. The van der Waals surface area contributed by atoms with E-state index in [4.69, 9.17) is 4.74 Å². The van der Waals surface area contributed by atoms with Gasteiger partial charge in [-0.3, -0.25) is 4.79 Å². The first-order chi connectivity index (χ1) is 7.22. The fourth-order valence-electron chi connectivity index (χ4n) is 1.89. The molecule has 0 aromatic heterocycles. The number of carbonyl (C=O) groups is 1. The number of likely N-dealkylation sites (tertiary alicyclic amines) is 1. The van der Waals surface area contributed by atoms with Crippen LogP contribution in [0, 0.1) is 0 Å². The molecule has 4 nitrogen and oxygen atoms in total. The van der Waals surface area contributed by atoms with Crippen molar-refractivity contribution in [3.8, 4) is 0 Å².